The van der Waals surface area contributed by atoms with Crippen LogP contribution in [0.2, 0.25) is 0 Å². The number of nitrogens with two attached hydrogens (primary N) is 1. The van der Waals surface area contributed by atoms with Crippen LogP contribution in [0.4, 0.5) is 0 Å². The summed E-state index contributed by atoms with van der Waals surface area (Å²) in [6.07, 6.45) is 8.66. The van der Waals surface area contributed by atoms with Gasteiger partial charge in [0.1, 0.15) is 0 Å². The van der Waals surface area contributed by atoms with Crippen molar-refractivity contribution in [3.8, 4) is 0 Å². The third-order valence-corrected chi connectivity index (χ3v) is 4.42. The third-order valence-electron chi connectivity index (χ3n) is 4.27. The minimum atomic E-state index is 0.264. The van der Waals surface area contributed by atoms with Gasteiger partial charge in [-0.3, -0.25) is 4.90 Å². The van der Waals surface area contributed by atoms with Gasteiger partial charge in [0.15, 0.2) is 0 Å². The monoisotopic (exact) mass is 256 g/mol. The molecule has 98 valence electrons. The van der Waals surface area contributed by atoms with Crippen LogP contribution >= 0.6 is 12.2 Å². The van der Waals surface area contributed by atoms with Gasteiger partial charge in [0, 0.05) is 25.6 Å². The lowest BCUT2D eigenvalue weighted by molar-refractivity contribution is 0.127. The van der Waals surface area contributed by atoms with Crippen molar-refractivity contribution < 1.29 is 5.11 Å². The van der Waals surface area contributed by atoms with E-state index in [4.69, 9.17) is 18.0 Å². The summed E-state index contributed by atoms with van der Waals surface area (Å²) < 4.78 is 0. The smallest absolute Gasteiger partial charge is 0.0733 e. The Morgan fingerprint density at radius 2 is 2.00 bits per heavy atom. The van der Waals surface area contributed by atoms with Gasteiger partial charge in [0.2, 0.25) is 0 Å². The molecular weight excluding hydrogens is 232 g/mol. The zero-order valence-corrected chi connectivity index (χ0v) is 11.3. The van der Waals surface area contributed by atoms with E-state index in [1.165, 1.54) is 38.5 Å². The van der Waals surface area contributed by atoms with Crippen molar-refractivity contribution in [2.75, 3.05) is 19.7 Å². The lowest BCUT2D eigenvalue weighted by atomic mass is 10.0. The van der Waals surface area contributed by atoms with E-state index in [0.717, 1.165) is 19.5 Å². The average Bonchev–Trinajstić information content (AvgIpc) is 2.82. The molecule has 0 aromatic rings. The summed E-state index contributed by atoms with van der Waals surface area (Å²) in [4.78, 5) is 3.14. The van der Waals surface area contributed by atoms with Gasteiger partial charge in [-0.2, -0.15) is 0 Å². The number of nitrogens with zero attached hydrogens (tertiary/aromatic N) is 1. The molecule has 0 saturated heterocycles. The summed E-state index contributed by atoms with van der Waals surface area (Å²) in [6.45, 7) is 2.15. The fourth-order valence-corrected chi connectivity index (χ4v) is 3.46. The Morgan fingerprint density at radius 1 is 1.35 bits per heavy atom. The second-order valence-electron chi connectivity index (χ2n) is 5.78. The molecule has 2 aliphatic rings. The molecule has 0 atom stereocenters. The molecule has 3 N–H and O–H groups in total. The van der Waals surface area contributed by atoms with Gasteiger partial charge in [-0.05, 0) is 31.1 Å². The molecule has 0 radical (unpaired) electrons. The van der Waals surface area contributed by atoms with Crippen molar-refractivity contribution in [2.45, 2.75) is 51.0 Å². The van der Waals surface area contributed by atoms with Crippen LogP contribution in [0.25, 0.3) is 0 Å². The summed E-state index contributed by atoms with van der Waals surface area (Å²) in [5, 5.41) is 9.20. The molecule has 0 aliphatic heterocycles. The number of hydrogen-bond acceptors (Lipinski definition) is 3. The van der Waals surface area contributed by atoms with Crippen molar-refractivity contribution >= 4 is 17.2 Å². The van der Waals surface area contributed by atoms with Gasteiger partial charge in [0.05, 0.1) is 11.6 Å². The van der Waals surface area contributed by atoms with Gasteiger partial charge >= 0.3 is 0 Å². The van der Waals surface area contributed by atoms with Crippen molar-refractivity contribution in [1.29, 1.82) is 0 Å². The molecule has 3 nitrogen and oxygen atoms in total. The minimum Gasteiger partial charge on any atom is -0.395 e. The van der Waals surface area contributed by atoms with Gasteiger partial charge in [-0.15, -0.1) is 0 Å². The molecule has 2 aliphatic carbocycles. The maximum Gasteiger partial charge on any atom is 0.0733 e. The number of rotatable bonds is 7. The van der Waals surface area contributed by atoms with Crippen LogP contribution in [-0.2, 0) is 0 Å². The standard InChI is InChI=1S/C13H24N2OS/c14-12(17)9-13(5-6-13)10-15(7-8-16)11-3-1-2-4-11/h11,16H,1-10H2,(H2,14,17). The van der Waals surface area contributed by atoms with E-state index in [1.807, 2.05) is 0 Å². The number of thiocarbonyl (C=S) groups is 1. The molecule has 2 fully saturated rings. The zero-order chi connectivity index (χ0) is 12.3. The Kier molecular flexibility index (Phi) is 4.39. The van der Waals surface area contributed by atoms with E-state index in [1.54, 1.807) is 0 Å². The Labute approximate surface area is 109 Å². The molecule has 0 heterocycles. The topological polar surface area (TPSA) is 49.5 Å². The molecule has 0 aromatic heterocycles. The highest BCUT2D eigenvalue weighted by atomic mass is 32.1. The predicted molar refractivity (Wildman–Crippen MR) is 74.0 cm³/mol. The SMILES string of the molecule is NC(=S)CC1(CN(CCO)C2CCCC2)CC1. The average molecular weight is 256 g/mol. The molecule has 17 heavy (non-hydrogen) atoms. The predicted octanol–water partition coefficient (Wildman–Crippen LogP) is 1.68. The first-order valence-corrected chi connectivity index (χ1v) is 7.19. The van der Waals surface area contributed by atoms with Crippen LogP contribution in [0.1, 0.15) is 44.9 Å². The van der Waals surface area contributed by atoms with Crippen LogP contribution in [-0.4, -0.2) is 40.7 Å². The van der Waals surface area contributed by atoms with E-state index in [0.29, 0.717) is 16.4 Å². The van der Waals surface area contributed by atoms with Gasteiger partial charge < -0.3 is 10.8 Å². The molecular formula is C13H24N2OS. The molecule has 0 bridgehead atoms. The Balaban J connectivity index is 1.90. The maximum atomic E-state index is 9.20. The lowest BCUT2D eigenvalue weighted by Crippen LogP contribution is -2.40. The summed E-state index contributed by atoms with van der Waals surface area (Å²) in [5.41, 5.74) is 6.04. The second-order valence-corrected chi connectivity index (χ2v) is 6.30. The minimum absolute atomic E-state index is 0.264. The van der Waals surface area contributed by atoms with E-state index >= 15 is 0 Å². The van der Waals surface area contributed by atoms with E-state index in [9.17, 15) is 5.11 Å². The van der Waals surface area contributed by atoms with Crippen LogP contribution in [0.3, 0.4) is 0 Å². The highest BCUT2D eigenvalue weighted by Crippen LogP contribution is 2.50. The Hall–Kier alpha value is -0.190. The molecule has 0 aromatic carbocycles. The first kappa shape index (κ1) is 13.2. The second kappa shape index (κ2) is 5.63. The highest BCUT2D eigenvalue weighted by molar-refractivity contribution is 7.80. The van der Waals surface area contributed by atoms with Crippen LogP contribution in [0.5, 0.6) is 0 Å². The third kappa shape index (κ3) is 3.63. The van der Waals surface area contributed by atoms with Crippen molar-refractivity contribution in [1.82, 2.24) is 4.90 Å². The summed E-state index contributed by atoms with van der Waals surface area (Å²) >= 11 is 5.05. The van der Waals surface area contributed by atoms with Crippen LogP contribution in [0, 0.1) is 5.41 Å². The normalized spacial score (nSPS) is 23.2. The number of aliphatic hydroxyl groups excluding tert-OH is 1. The van der Waals surface area contributed by atoms with Crippen LogP contribution < -0.4 is 5.73 Å². The fraction of sp³-hybridized carbons (Fsp3) is 0.923. The number of hydrogen-bond donors (Lipinski definition) is 2. The Bertz CT molecular complexity index is 273. The summed E-state index contributed by atoms with van der Waals surface area (Å²) in [7, 11) is 0. The molecule has 2 rings (SSSR count). The zero-order valence-electron chi connectivity index (χ0n) is 10.5. The number of aliphatic hydroxyl groups is 1. The first-order chi connectivity index (χ1) is 8.15. The molecule has 0 unspecified atom stereocenters. The van der Waals surface area contributed by atoms with E-state index < -0.39 is 0 Å². The Morgan fingerprint density at radius 3 is 2.47 bits per heavy atom. The fourth-order valence-electron chi connectivity index (χ4n) is 3.16. The van der Waals surface area contributed by atoms with E-state index in [2.05, 4.69) is 4.90 Å². The molecule has 0 amide bonds. The molecule has 0 spiro atoms. The highest BCUT2D eigenvalue weighted by Gasteiger charge is 2.45. The van der Waals surface area contributed by atoms with Gasteiger partial charge in [-0.1, -0.05) is 25.1 Å². The van der Waals surface area contributed by atoms with Gasteiger partial charge in [-0.25, -0.2) is 0 Å². The van der Waals surface area contributed by atoms with Crippen LogP contribution in [0.15, 0.2) is 0 Å². The van der Waals surface area contributed by atoms with Gasteiger partial charge in [0.25, 0.3) is 0 Å². The lowest BCUT2D eigenvalue weighted by Gasteiger charge is -2.32. The quantitative estimate of drug-likeness (QED) is 0.681. The molecule has 4 heteroatoms. The van der Waals surface area contributed by atoms with Crippen molar-refractivity contribution in [3.05, 3.63) is 0 Å². The first-order valence-electron chi connectivity index (χ1n) is 6.78. The largest absolute Gasteiger partial charge is 0.395 e. The maximum absolute atomic E-state index is 9.20. The molecule has 2 saturated carbocycles. The van der Waals surface area contributed by atoms with E-state index in [-0.39, 0.29) is 6.61 Å². The summed E-state index contributed by atoms with van der Waals surface area (Å²) in [6, 6.07) is 0.686. The summed E-state index contributed by atoms with van der Waals surface area (Å²) in [5.74, 6) is 0. The van der Waals surface area contributed by atoms with Crippen molar-refractivity contribution in [2.24, 2.45) is 11.1 Å². The van der Waals surface area contributed by atoms with Crippen molar-refractivity contribution in [3.63, 3.8) is 0 Å².